The van der Waals surface area contributed by atoms with Gasteiger partial charge >= 0.3 is 0 Å². The number of likely N-dealkylation sites (tertiary alicyclic amines) is 2. The molecule has 0 aliphatic carbocycles. The van der Waals surface area contributed by atoms with Crippen molar-refractivity contribution < 1.29 is 14.3 Å². The lowest BCUT2D eigenvalue weighted by atomic mass is 10.1. The molecule has 25 heavy (non-hydrogen) atoms. The first-order valence-electron chi connectivity index (χ1n) is 9.43. The van der Waals surface area contributed by atoms with Crippen LogP contribution in [0.4, 0.5) is 0 Å². The van der Waals surface area contributed by atoms with Gasteiger partial charge in [0.1, 0.15) is 0 Å². The number of carbonyl (C=O) groups excluding carboxylic acids is 2. The lowest BCUT2D eigenvalue weighted by Gasteiger charge is -2.34. The molecular weight excluding hydrogens is 316 g/mol. The number of benzene rings is 1. The van der Waals surface area contributed by atoms with Crippen molar-refractivity contribution in [3.8, 4) is 0 Å². The number of hydrogen-bond acceptors (Lipinski definition) is 3. The van der Waals surface area contributed by atoms with Crippen LogP contribution in [-0.2, 0) is 20.9 Å². The molecule has 2 saturated heterocycles. The van der Waals surface area contributed by atoms with Gasteiger partial charge in [-0.25, -0.2) is 0 Å². The SMILES string of the molecule is O=C1CCCCCN1CC(=O)N1CCC[C@@H](OCc2ccccc2)C1. The summed E-state index contributed by atoms with van der Waals surface area (Å²) in [7, 11) is 0. The maximum atomic E-state index is 12.6. The van der Waals surface area contributed by atoms with E-state index in [1.165, 1.54) is 0 Å². The van der Waals surface area contributed by atoms with Crippen molar-refractivity contribution in [2.75, 3.05) is 26.2 Å². The summed E-state index contributed by atoms with van der Waals surface area (Å²) in [4.78, 5) is 28.3. The highest BCUT2D eigenvalue weighted by Crippen LogP contribution is 2.17. The lowest BCUT2D eigenvalue weighted by Crippen LogP contribution is -2.48. The van der Waals surface area contributed by atoms with Gasteiger partial charge in [0, 0.05) is 26.1 Å². The minimum absolute atomic E-state index is 0.0586. The number of nitrogens with zero attached hydrogens (tertiary/aromatic N) is 2. The zero-order chi connectivity index (χ0) is 17.5. The summed E-state index contributed by atoms with van der Waals surface area (Å²) in [6.07, 6.45) is 5.63. The molecule has 2 heterocycles. The van der Waals surface area contributed by atoms with Crippen LogP contribution in [0.5, 0.6) is 0 Å². The summed E-state index contributed by atoms with van der Waals surface area (Å²) in [5.74, 6) is 0.183. The van der Waals surface area contributed by atoms with Gasteiger partial charge in [0.2, 0.25) is 11.8 Å². The molecule has 1 atom stereocenters. The van der Waals surface area contributed by atoms with Crippen molar-refractivity contribution in [1.29, 1.82) is 0 Å². The molecule has 2 aliphatic heterocycles. The lowest BCUT2D eigenvalue weighted by molar-refractivity contribution is -0.142. The maximum absolute atomic E-state index is 12.6. The molecule has 1 aromatic rings. The monoisotopic (exact) mass is 344 g/mol. The summed E-state index contributed by atoms with van der Waals surface area (Å²) in [6, 6.07) is 10.1. The molecule has 2 amide bonds. The van der Waals surface area contributed by atoms with Crippen LogP contribution in [-0.4, -0.2) is 53.9 Å². The van der Waals surface area contributed by atoms with E-state index in [0.717, 1.165) is 44.2 Å². The van der Waals surface area contributed by atoms with Gasteiger partial charge in [0.05, 0.1) is 19.3 Å². The molecule has 0 unspecified atom stereocenters. The molecular formula is C20H28N2O3. The molecule has 2 aliphatic rings. The van der Waals surface area contributed by atoms with Crippen molar-refractivity contribution in [3.05, 3.63) is 35.9 Å². The van der Waals surface area contributed by atoms with Gasteiger partial charge in [-0.15, -0.1) is 0 Å². The number of ether oxygens (including phenoxy) is 1. The van der Waals surface area contributed by atoms with E-state index in [9.17, 15) is 9.59 Å². The van der Waals surface area contributed by atoms with E-state index in [1.54, 1.807) is 4.90 Å². The van der Waals surface area contributed by atoms with Crippen molar-refractivity contribution in [1.82, 2.24) is 9.80 Å². The smallest absolute Gasteiger partial charge is 0.242 e. The summed E-state index contributed by atoms with van der Waals surface area (Å²) < 4.78 is 6.01. The van der Waals surface area contributed by atoms with Crippen molar-refractivity contribution >= 4 is 11.8 Å². The summed E-state index contributed by atoms with van der Waals surface area (Å²) in [6.45, 7) is 2.93. The number of carbonyl (C=O) groups is 2. The molecule has 0 bridgehead atoms. The Labute approximate surface area is 149 Å². The fourth-order valence-corrected chi connectivity index (χ4v) is 3.56. The third kappa shape index (κ3) is 5.30. The zero-order valence-electron chi connectivity index (χ0n) is 14.9. The topological polar surface area (TPSA) is 49.9 Å². The van der Waals surface area contributed by atoms with Crippen LogP contribution in [0.15, 0.2) is 30.3 Å². The number of amides is 2. The van der Waals surface area contributed by atoms with E-state index in [1.807, 2.05) is 23.1 Å². The Morgan fingerprint density at radius 2 is 1.92 bits per heavy atom. The van der Waals surface area contributed by atoms with Crippen LogP contribution >= 0.6 is 0 Å². The second kappa shape index (κ2) is 8.99. The average molecular weight is 344 g/mol. The molecule has 136 valence electrons. The normalized spacial score (nSPS) is 21.9. The Balaban J connectivity index is 1.48. The first-order valence-corrected chi connectivity index (χ1v) is 9.43. The molecule has 5 heteroatoms. The molecule has 2 fully saturated rings. The molecule has 0 aromatic heterocycles. The molecule has 1 aromatic carbocycles. The summed E-state index contributed by atoms with van der Waals surface area (Å²) in [5.41, 5.74) is 1.15. The van der Waals surface area contributed by atoms with Gasteiger partial charge in [-0.1, -0.05) is 36.8 Å². The van der Waals surface area contributed by atoms with Crippen LogP contribution in [0.25, 0.3) is 0 Å². The Morgan fingerprint density at radius 1 is 1.08 bits per heavy atom. The predicted octanol–water partition coefficient (Wildman–Crippen LogP) is 2.60. The van der Waals surface area contributed by atoms with E-state index in [-0.39, 0.29) is 24.5 Å². The van der Waals surface area contributed by atoms with Crippen LogP contribution < -0.4 is 0 Å². The highest BCUT2D eigenvalue weighted by Gasteiger charge is 2.27. The van der Waals surface area contributed by atoms with Crippen molar-refractivity contribution in [2.24, 2.45) is 0 Å². The number of hydrogen-bond donors (Lipinski definition) is 0. The summed E-state index contributed by atoms with van der Waals surface area (Å²) in [5, 5.41) is 0. The Kier molecular flexibility index (Phi) is 6.45. The van der Waals surface area contributed by atoms with E-state index >= 15 is 0 Å². The highest BCUT2D eigenvalue weighted by atomic mass is 16.5. The molecule has 3 rings (SSSR count). The Hall–Kier alpha value is -1.88. The molecule has 5 nitrogen and oxygen atoms in total. The second-order valence-corrected chi connectivity index (χ2v) is 7.03. The van der Waals surface area contributed by atoms with E-state index in [4.69, 9.17) is 4.74 Å². The second-order valence-electron chi connectivity index (χ2n) is 7.03. The van der Waals surface area contributed by atoms with Gasteiger partial charge in [0.25, 0.3) is 0 Å². The first kappa shape index (κ1) is 17.9. The Bertz CT molecular complexity index is 576. The van der Waals surface area contributed by atoms with Crippen LogP contribution in [0.3, 0.4) is 0 Å². The average Bonchev–Trinajstić information content (AvgIpc) is 2.85. The van der Waals surface area contributed by atoms with Crippen LogP contribution in [0, 0.1) is 0 Å². The highest BCUT2D eigenvalue weighted by molar-refractivity contribution is 5.85. The molecule has 0 N–H and O–H groups in total. The van der Waals surface area contributed by atoms with Gasteiger partial charge in [-0.05, 0) is 31.2 Å². The first-order chi connectivity index (χ1) is 12.2. The maximum Gasteiger partial charge on any atom is 0.242 e. The minimum Gasteiger partial charge on any atom is -0.372 e. The quantitative estimate of drug-likeness (QED) is 0.825. The van der Waals surface area contributed by atoms with E-state index < -0.39 is 0 Å². The van der Waals surface area contributed by atoms with Gasteiger partial charge in [0.15, 0.2) is 0 Å². The van der Waals surface area contributed by atoms with Crippen molar-refractivity contribution in [2.45, 2.75) is 51.2 Å². The standard InChI is InChI=1S/C20H28N2O3/c23-19-11-5-2-6-12-22(19)15-20(24)21-13-7-10-18(14-21)25-16-17-8-3-1-4-9-17/h1,3-4,8-9,18H,2,5-7,10-16H2/t18-/m1/s1. The van der Waals surface area contributed by atoms with Gasteiger partial charge in [-0.3, -0.25) is 9.59 Å². The zero-order valence-corrected chi connectivity index (χ0v) is 14.9. The van der Waals surface area contributed by atoms with E-state index in [0.29, 0.717) is 26.1 Å². The van der Waals surface area contributed by atoms with Crippen LogP contribution in [0.1, 0.15) is 44.1 Å². The fourth-order valence-electron chi connectivity index (χ4n) is 3.56. The predicted molar refractivity (Wildman–Crippen MR) is 95.9 cm³/mol. The Morgan fingerprint density at radius 3 is 2.76 bits per heavy atom. The van der Waals surface area contributed by atoms with Gasteiger partial charge in [-0.2, -0.15) is 0 Å². The van der Waals surface area contributed by atoms with Crippen molar-refractivity contribution in [3.63, 3.8) is 0 Å². The van der Waals surface area contributed by atoms with Gasteiger partial charge < -0.3 is 14.5 Å². The number of piperidine rings is 1. The third-order valence-electron chi connectivity index (χ3n) is 5.06. The molecule has 0 radical (unpaired) electrons. The minimum atomic E-state index is 0.0586. The van der Waals surface area contributed by atoms with Crippen LogP contribution in [0.2, 0.25) is 0 Å². The largest absolute Gasteiger partial charge is 0.372 e. The third-order valence-corrected chi connectivity index (χ3v) is 5.06. The summed E-state index contributed by atoms with van der Waals surface area (Å²) >= 11 is 0. The molecule has 0 spiro atoms. The fraction of sp³-hybridized carbons (Fsp3) is 0.600. The number of rotatable bonds is 5. The molecule has 0 saturated carbocycles. The van der Waals surface area contributed by atoms with E-state index in [2.05, 4.69) is 12.1 Å².